The number of carbonyl (C=O) groups excluding carboxylic acids is 1. The summed E-state index contributed by atoms with van der Waals surface area (Å²) in [5.41, 5.74) is 0. The van der Waals surface area contributed by atoms with Crippen molar-refractivity contribution in [2.45, 2.75) is 56.8 Å². The van der Waals surface area contributed by atoms with Gasteiger partial charge >= 0.3 is 0 Å². The van der Waals surface area contributed by atoms with Crippen LogP contribution in [0.5, 0.6) is 0 Å². The molecule has 1 amide bonds. The molecule has 0 unspecified atom stereocenters. The molecule has 0 aromatic carbocycles. The van der Waals surface area contributed by atoms with Gasteiger partial charge in [0.15, 0.2) is 5.16 Å². The van der Waals surface area contributed by atoms with Crippen LogP contribution in [0.1, 0.15) is 49.9 Å². The second-order valence-electron chi connectivity index (χ2n) is 7.33. The number of piperidine rings is 1. The van der Waals surface area contributed by atoms with Crippen molar-refractivity contribution in [1.29, 1.82) is 0 Å². The maximum Gasteiger partial charge on any atom is 0.233 e. The van der Waals surface area contributed by atoms with Crippen LogP contribution >= 0.6 is 39.0 Å². The molecule has 0 N–H and O–H groups in total. The molecule has 1 saturated heterocycles. The van der Waals surface area contributed by atoms with Crippen molar-refractivity contribution in [1.82, 2.24) is 19.7 Å². The Kier molecular flexibility index (Phi) is 6.62. The number of thiophene rings is 1. The number of hydrogen-bond acceptors (Lipinski definition) is 6. The minimum Gasteiger partial charge on any atom is -0.341 e. The zero-order valence-corrected chi connectivity index (χ0v) is 19.4. The molecule has 9 heteroatoms. The molecule has 1 aliphatic heterocycles. The van der Waals surface area contributed by atoms with E-state index in [2.05, 4.69) is 41.7 Å². The molecular formula is C19H26BrN5OS2. The Morgan fingerprint density at radius 2 is 2.07 bits per heavy atom. The van der Waals surface area contributed by atoms with Gasteiger partial charge in [-0.15, -0.1) is 21.5 Å². The van der Waals surface area contributed by atoms with Crippen molar-refractivity contribution in [2.24, 2.45) is 0 Å². The van der Waals surface area contributed by atoms with Gasteiger partial charge in [-0.2, -0.15) is 0 Å². The molecule has 0 bridgehead atoms. The number of rotatable bonds is 8. The van der Waals surface area contributed by atoms with Gasteiger partial charge in [-0.25, -0.2) is 0 Å². The molecule has 152 valence electrons. The summed E-state index contributed by atoms with van der Waals surface area (Å²) in [6, 6.07) is 4.62. The van der Waals surface area contributed by atoms with Crippen LogP contribution in [0.3, 0.4) is 0 Å². The highest BCUT2D eigenvalue weighted by molar-refractivity contribution is 9.11. The van der Waals surface area contributed by atoms with E-state index in [1.165, 1.54) is 48.7 Å². The van der Waals surface area contributed by atoms with Gasteiger partial charge in [-0.05, 0) is 67.1 Å². The number of hydrogen-bond donors (Lipinski definition) is 0. The van der Waals surface area contributed by atoms with Crippen molar-refractivity contribution in [3.8, 4) is 0 Å². The first-order chi connectivity index (χ1) is 13.7. The number of anilines is 1. The lowest BCUT2D eigenvalue weighted by molar-refractivity contribution is -0.128. The normalized spacial score (nSPS) is 17.1. The van der Waals surface area contributed by atoms with Gasteiger partial charge in [0, 0.05) is 30.6 Å². The van der Waals surface area contributed by atoms with Crippen LogP contribution in [0.2, 0.25) is 0 Å². The zero-order chi connectivity index (χ0) is 19.5. The predicted molar refractivity (Wildman–Crippen MR) is 118 cm³/mol. The molecule has 0 radical (unpaired) electrons. The lowest BCUT2D eigenvalue weighted by atomic mass is 10.1. The maximum atomic E-state index is 12.8. The third-order valence-corrected chi connectivity index (χ3v) is 7.77. The largest absolute Gasteiger partial charge is 0.341 e. The van der Waals surface area contributed by atoms with Crippen LogP contribution in [0.15, 0.2) is 21.1 Å². The average Bonchev–Trinajstić information content (AvgIpc) is 3.33. The van der Waals surface area contributed by atoms with Gasteiger partial charge in [0.05, 0.1) is 16.1 Å². The number of carbonyl (C=O) groups is 1. The second-order valence-corrected chi connectivity index (χ2v) is 10.8. The van der Waals surface area contributed by atoms with Crippen LogP contribution in [-0.4, -0.2) is 51.0 Å². The number of aromatic nitrogens is 3. The predicted octanol–water partition coefficient (Wildman–Crippen LogP) is 4.57. The van der Waals surface area contributed by atoms with Gasteiger partial charge in [0.1, 0.15) is 0 Å². The lowest BCUT2D eigenvalue weighted by Gasteiger charge is -2.27. The van der Waals surface area contributed by atoms with Crippen LogP contribution in [0, 0.1) is 0 Å². The minimum atomic E-state index is 0.155. The fraction of sp³-hybridized carbons (Fsp3) is 0.632. The summed E-state index contributed by atoms with van der Waals surface area (Å²) in [5.74, 6) is 1.57. The molecule has 3 heterocycles. The third-order valence-electron chi connectivity index (χ3n) is 5.23. The Morgan fingerprint density at radius 3 is 2.71 bits per heavy atom. The van der Waals surface area contributed by atoms with Crippen LogP contribution in [0.25, 0.3) is 0 Å². The summed E-state index contributed by atoms with van der Waals surface area (Å²) < 4.78 is 3.39. The Labute approximate surface area is 182 Å². The Bertz CT molecular complexity index is 813. The van der Waals surface area contributed by atoms with E-state index in [9.17, 15) is 4.79 Å². The van der Waals surface area contributed by atoms with Gasteiger partial charge < -0.3 is 9.80 Å². The fourth-order valence-electron chi connectivity index (χ4n) is 3.55. The van der Waals surface area contributed by atoms with Crippen LogP contribution < -0.4 is 4.90 Å². The van der Waals surface area contributed by atoms with Gasteiger partial charge in [0.2, 0.25) is 11.9 Å². The first-order valence-corrected chi connectivity index (χ1v) is 12.6. The van der Waals surface area contributed by atoms with E-state index in [1.54, 1.807) is 11.3 Å². The molecular weight excluding hydrogens is 458 g/mol. The SMILES string of the molecule is CCN(Cc1ccc(Br)s1)C(=O)CSc1nnc(N2CCCCC2)n1C1CC1. The Balaban J connectivity index is 1.41. The summed E-state index contributed by atoms with van der Waals surface area (Å²) in [6.45, 7) is 5.54. The maximum absolute atomic E-state index is 12.8. The second kappa shape index (κ2) is 9.17. The van der Waals surface area contributed by atoms with Gasteiger partial charge in [-0.1, -0.05) is 11.8 Å². The van der Waals surface area contributed by atoms with E-state index in [0.29, 0.717) is 24.9 Å². The average molecular weight is 484 g/mol. The molecule has 0 atom stereocenters. The summed E-state index contributed by atoms with van der Waals surface area (Å²) >= 11 is 6.71. The Morgan fingerprint density at radius 1 is 1.29 bits per heavy atom. The molecule has 28 heavy (non-hydrogen) atoms. The highest BCUT2D eigenvalue weighted by Gasteiger charge is 2.32. The fourth-order valence-corrected chi connectivity index (χ4v) is 5.95. The van der Waals surface area contributed by atoms with E-state index in [4.69, 9.17) is 0 Å². The number of amides is 1. The van der Waals surface area contributed by atoms with E-state index < -0.39 is 0 Å². The molecule has 1 saturated carbocycles. The molecule has 2 fully saturated rings. The third kappa shape index (κ3) is 4.74. The van der Waals surface area contributed by atoms with E-state index in [1.807, 2.05) is 17.9 Å². The molecule has 6 nitrogen and oxygen atoms in total. The zero-order valence-electron chi connectivity index (χ0n) is 16.1. The highest BCUT2D eigenvalue weighted by atomic mass is 79.9. The lowest BCUT2D eigenvalue weighted by Crippen LogP contribution is -2.32. The monoisotopic (exact) mass is 483 g/mol. The molecule has 1 aliphatic carbocycles. The first kappa shape index (κ1) is 20.2. The highest BCUT2D eigenvalue weighted by Crippen LogP contribution is 2.41. The minimum absolute atomic E-state index is 0.155. The molecule has 2 aromatic heterocycles. The van der Waals surface area contributed by atoms with E-state index in [-0.39, 0.29) is 5.91 Å². The van der Waals surface area contributed by atoms with Crippen molar-refractivity contribution in [3.63, 3.8) is 0 Å². The molecule has 2 aliphatic rings. The van der Waals surface area contributed by atoms with Crippen LogP contribution in [-0.2, 0) is 11.3 Å². The van der Waals surface area contributed by atoms with Gasteiger partial charge in [0.25, 0.3) is 0 Å². The standard InChI is InChI=1S/C19H26BrN5OS2/c1-2-23(12-15-8-9-16(20)28-15)17(26)13-27-19-22-21-18(25(19)14-6-7-14)24-10-4-3-5-11-24/h8-9,14H,2-7,10-13H2,1H3. The van der Waals surface area contributed by atoms with Crippen molar-refractivity contribution >= 4 is 50.9 Å². The van der Waals surface area contributed by atoms with Gasteiger partial charge in [-0.3, -0.25) is 9.36 Å². The first-order valence-electron chi connectivity index (χ1n) is 10.0. The summed E-state index contributed by atoms with van der Waals surface area (Å²) in [7, 11) is 0. The topological polar surface area (TPSA) is 54.3 Å². The summed E-state index contributed by atoms with van der Waals surface area (Å²) in [5, 5.41) is 9.86. The van der Waals surface area contributed by atoms with Crippen molar-refractivity contribution in [2.75, 3.05) is 30.3 Å². The van der Waals surface area contributed by atoms with Crippen LogP contribution in [0.4, 0.5) is 5.95 Å². The number of nitrogens with zero attached hydrogens (tertiary/aromatic N) is 5. The van der Waals surface area contributed by atoms with E-state index in [0.717, 1.165) is 28.0 Å². The van der Waals surface area contributed by atoms with Crippen molar-refractivity contribution < 1.29 is 4.79 Å². The quantitative estimate of drug-likeness (QED) is 0.514. The molecule has 0 spiro atoms. The molecule has 4 rings (SSSR count). The van der Waals surface area contributed by atoms with E-state index >= 15 is 0 Å². The number of halogens is 1. The summed E-state index contributed by atoms with van der Waals surface area (Å²) in [4.78, 5) is 18.3. The molecule has 2 aromatic rings. The summed E-state index contributed by atoms with van der Waals surface area (Å²) in [6.07, 6.45) is 6.13. The van der Waals surface area contributed by atoms with Crippen molar-refractivity contribution in [3.05, 3.63) is 20.8 Å². The number of thioether (sulfide) groups is 1. The Hall–Kier alpha value is -1.06. The smallest absolute Gasteiger partial charge is 0.233 e.